The second kappa shape index (κ2) is 10.2. The number of halogens is 4. The van der Waals surface area contributed by atoms with Gasteiger partial charge in [0, 0.05) is 17.3 Å². The molecule has 0 bridgehead atoms. The number of rotatable bonds is 8. The highest BCUT2D eigenvalue weighted by Crippen LogP contribution is 2.33. The summed E-state index contributed by atoms with van der Waals surface area (Å²) in [6.07, 6.45) is -5.25. The van der Waals surface area contributed by atoms with Gasteiger partial charge in [-0.15, -0.1) is 0 Å². The van der Waals surface area contributed by atoms with Crippen LogP contribution in [-0.4, -0.2) is 54.9 Å². The van der Waals surface area contributed by atoms with Gasteiger partial charge in [0.15, 0.2) is 0 Å². The first-order chi connectivity index (χ1) is 15.6. The van der Waals surface area contributed by atoms with Crippen molar-refractivity contribution in [3.63, 3.8) is 0 Å². The molecule has 2 rings (SSSR count). The topological polar surface area (TPSA) is 145 Å². The summed E-state index contributed by atoms with van der Waals surface area (Å²) in [7, 11) is -4.20. The lowest BCUT2D eigenvalue weighted by Gasteiger charge is -2.25. The van der Waals surface area contributed by atoms with Crippen LogP contribution in [0.25, 0.3) is 0 Å². The Labute approximate surface area is 198 Å². The van der Waals surface area contributed by atoms with Crippen molar-refractivity contribution >= 4 is 44.8 Å². The standard InChI is InChI=1S/C20H21ClF3N3O6S/c1-11(10-28)25-17(29)12-3-5-13(6-4-12)27-34(32,33)14-7-8-16(15(21)9-14)26-18(30)19(2,31)20(22,23)24/h3-9,11,27-28,31H,10H2,1-2H3,(H,25,29)(H,26,30)/t11?,19-/m1/s1. The van der Waals surface area contributed by atoms with E-state index in [4.69, 9.17) is 16.7 Å². The van der Waals surface area contributed by atoms with Crippen LogP contribution < -0.4 is 15.4 Å². The zero-order chi connectivity index (χ0) is 25.9. The number of amides is 2. The summed E-state index contributed by atoms with van der Waals surface area (Å²) < 4.78 is 65.9. The van der Waals surface area contributed by atoms with Gasteiger partial charge in [-0.1, -0.05) is 11.6 Å². The lowest BCUT2D eigenvalue weighted by Crippen LogP contribution is -2.52. The van der Waals surface area contributed by atoms with E-state index in [1.165, 1.54) is 24.3 Å². The fourth-order valence-electron chi connectivity index (χ4n) is 2.39. The maximum Gasteiger partial charge on any atom is 0.426 e. The molecule has 186 valence electrons. The molecule has 0 heterocycles. The van der Waals surface area contributed by atoms with E-state index < -0.39 is 39.7 Å². The molecule has 2 atom stereocenters. The number of carbonyl (C=O) groups excluding carboxylic acids is 2. The molecule has 1 unspecified atom stereocenters. The molecule has 0 fully saturated rings. The summed E-state index contributed by atoms with van der Waals surface area (Å²) in [5.41, 5.74) is -3.72. The van der Waals surface area contributed by atoms with Gasteiger partial charge >= 0.3 is 6.18 Å². The maximum absolute atomic E-state index is 12.8. The first kappa shape index (κ1) is 27.4. The van der Waals surface area contributed by atoms with Gasteiger partial charge in [-0.3, -0.25) is 14.3 Å². The Morgan fingerprint density at radius 2 is 1.71 bits per heavy atom. The average Bonchev–Trinajstić information content (AvgIpc) is 2.74. The molecule has 2 amide bonds. The van der Waals surface area contributed by atoms with Crippen LogP contribution in [0.2, 0.25) is 5.02 Å². The molecule has 0 spiro atoms. The largest absolute Gasteiger partial charge is 0.426 e. The van der Waals surface area contributed by atoms with Crippen LogP contribution >= 0.6 is 11.6 Å². The van der Waals surface area contributed by atoms with Crippen LogP contribution in [0.1, 0.15) is 24.2 Å². The lowest BCUT2D eigenvalue weighted by atomic mass is 10.1. The maximum atomic E-state index is 12.8. The molecule has 0 aliphatic carbocycles. The van der Waals surface area contributed by atoms with Gasteiger partial charge in [0.2, 0.25) is 5.60 Å². The second-order valence-electron chi connectivity index (χ2n) is 7.41. The fourth-order valence-corrected chi connectivity index (χ4v) is 3.77. The van der Waals surface area contributed by atoms with E-state index in [2.05, 4.69) is 10.0 Å². The molecular weight excluding hydrogens is 503 g/mol. The van der Waals surface area contributed by atoms with Gasteiger partial charge in [-0.25, -0.2) is 8.42 Å². The second-order valence-corrected chi connectivity index (χ2v) is 9.50. The molecule has 5 N–H and O–H groups in total. The van der Waals surface area contributed by atoms with Crippen LogP contribution in [0.5, 0.6) is 0 Å². The molecule has 9 nitrogen and oxygen atoms in total. The van der Waals surface area contributed by atoms with Crippen LogP contribution in [-0.2, 0) is 14.8 Å². The summed E-state index contributed by atoms with van der Waals surface area (Å²) in [4.78, 5) is 23.4. The van der Waals surface area contributed by atoms with Gasteiger partial charge in [0.25, 0.3) is 21.8 Å². The molecule has 0 aliphatic heterocycles. The van der Waals surface area contributed by atoms with Crippen molar-refractivity contribution in [1.82, 2.24) is 5.32 Å². The summed E-state index contributed by atoms with van der Waals surface area (Å²) in [5.74, 6) is -2.27. The van der Waals surface area contributed by atoms with Crippen LogP contribution in [0.4, 0.5) is 24.5 Å². The van der Waals surface area contributed by atoms with E-state index in [0.717, 1.165) is 18.2 Å². The first-order valence-corrected chi connectivity index (χ1v) is 11.4. The summed E-state index contributed by atoms with van der Waals surface area (Å²) >= 11 is 5.92. The number of sulfonamides is 1. The van der Waals surface area contributed by atoms with E-state index in [0.29, 0.717) is 0 Å². The van der Waals surface area contributed by atoms with E-state index in [9.17, 15) is 36.3 Å². The van der Waals surface area contributed by atoms with Crippen molar-refractivity contribution < 1.29 is 41.4 Å². The Morgan fingerprint density at radius 3 is 2.21 bits per heavy atom. The number of hydrogen-bond donors (Lipinski definition) is 5. The van der Waals surface area contributed by atoms with E-state index in [-0.39, 0.29) is 40.4 Å². The molecular formula is C20H21ClF3N3O6S. The minimum Gasteiger partial charge on any atom is -0.394 e. The van der Waals surface area contributed by atoms with Crippen molar-refractivity contribution in [3.05, 3.63) is 53.1 Å². The van der Waals surface area contributed by atoms with E-state index in [1.54, 1.807) is 6.92 Å². The normalized spacial score (nSPS) is 14.6. The van der Waals surface area contributed by atoms with Gasteiger partial charge in [0.05, 0.1) is 22.2 Å². The third-order valence-electron chi connectivity index (χ3n) is 4.54. The smallest absolute Gasteiger partial charge is 0.394 e. The highest BCUT2D eigenvalue weighted by Gasteiger charge is 2.55. The Balaban J connectivity index is 2.16. The minimum atomic E-state index is -5.25. The predicted octanol–water partition coefficient (Wildman–Crippen LogP) is 2.50. The van der Waals surface area contributed by atoms with Crippen molar-refractivity contribution in [2.75, 3.05) is 16.6 Å². The average molecular weight is 524 g/mol. The van der Waals surface area contributed by atoms with Gasteiger partial charge in [-0.05, 0) is 56.3 Å². The van der Waals surface area contributed by atoms with E-state index in [1.807, 2.05) is 5.32 Å². The Morgan fingerprint density at radius 1 is 1.12 bits per heavy atom. The Bertz CT molecular complexity index is 1170. The van der Waals surface area contributed by atoms with Crippen LogP contribution in [0.15, 0.2) is 47.4 Å². The number of hydrogen-bond acceptors (Lipinski definition) is 6. The molecule has 0 saturated carbocycles. The van der Waals surface area contributed by atoms with Gasteiger partial charge in [-0.2, -0.15) is 13.2 Å². The molecule has 2 aromatic rings. The molecule has 34 heavy (non-hydrogen) atoms. The Kier molecular flexibility index (Phi) is 8.19. The van der Waals surface area contributed by atoms with Crippen LogP contribution in [0, 0.1) is 0 Å². The number of alkyl halides is 3. The molecule has 0 radical (unpaired) electrons. The monoisotopic (exact) mass is 523 g/mol. The third kappa shape index (κ3) is 6.38. The molecule has 14 heteroatoms. The highest BCUT2D eigenvalue weighted by atomic mass is 35.5. The summed E-state index contributed by atoms with van der Waals surface area (Å²) in [6, 6.07) is 7.76. The Hall–Kier alpha value is -2.87. The van der Waals surface area contributed by atoms with Gasteiger partial charge < -0.3 is 20.8 Å². The number of carbonyl (C=O) groups is 2. The number of benzene rings is 2. The number of aliphatic hydroxyl groups excluding tert-OH is 1. The minimum absolute atomic E-state index is 0.0986. The highest BCUT2D eigenvalue weighted by molar-refractivity contribution is 7.92. The first-order valence-electron chi connectivity index (χ1n) is 9.53. The van der Waals surface area contributed by atoms with E-state index >= 15 is 0 Å². The zero-order valence-electron chi connectivity index (χ0n) is 17.8. The van der Waals surface area contributed by atoms with Gasteiger partial charge in [0.1, 0.15) is 0 Å². The number of aliphatic hydroxyl groups is 2. The lowest BCUT2D eigenvalue weighted by molar-refractivity contribution is -0.242. The zero-order valence-corrected chi connectivity index (χ0v) is 19.3. The number of anilines is 2. The van der Waals surface area contributed by atoms with Crippen LogP contribution in [0.3, 0.4) is 0 Å². The molecule has 0 aromatic heterocycles. The van der Waals surface area contributed by atoms with Crippen molar-refractivity contribution in [3.8, 4) is 0 Å². The summed E-state index contributed by atoms with van der Waals surface area (Å²) in [6.45, 7) is 1.61. The third-order valence-corrected chi connectivity index (χ3v) is 6.24. The van der Waals surface area contributed by atoms with Crippen molar-refractivity contribution in [2.24, 2.45) is 0 Å². The summed E-state index contributed by atoms with van der Waals surface area (Å²) in [5, 5.41) is 22.3. The molecule has 0 saturated heterocycles. The molecule has 0 aliphatic rings. The quantitative estimate of drug-likeness (QED) is 0.359. The number of nitrogens with one attached hydrogen (secondary N) is 3. The molecule has 2 aromatic carbocycles. The van der Waals surface area contributed by atoms with Crippen molar-refractivity contribution in [2.45, 2.75) is 36.6 Å². The van der Waals surface area contributed by atoms with Crippen molar-refractivity contribution in [1.29, 1.82) is 0 Å². The predicted molar refractivity (Wildman–Crippen MR) is 118 cm³/mol. The fraction of sp³-hybridized carbons (Fsp3) is 0.300. The SMILES string of the molecule is CC(CO)NC(=O)c1ccc(NS(=O)(=O)c2ccc(NC(=O)[C@@](C)(O)C(F)(F)F)c(Cl)c2)cc1.